The van der Waals surface area contributed by atoms with Gasteiger partial charge in [0.15, 0.2) is 4.77 Å². The van der Waals surface area contributed by atoms with E-state index in [9.17, 15) is 0 Å². The highest BCUT2D eigenvalue weighted by Crippen LogP contribution is 2.19. The fourth-order valence-electron chi connectivity index (χ4n) is 1.74. The van der Waals surface area contributed by atoms with Gasteiger partial charge in [-0.15, -0.1) is 0 Å². The van der Waals surface area contributed by atoms with Gasteiger partial charge in [0.1, 0.15) is 0 Å². The van der Waals surface area contributed by atoms with Crippen LogP contribution in [-0.4, -0.2) is 14.5 Å². The van der Waals surface area contributed by atoms with E-state index < -0.39 is 0 Å². The van der Waals surface area contributed by atoms with Gasteiger partial charge in [-0.25, -0.2) is 0 Å². The van der Waals surface area contributed by atoms with Crippen molar-refractivity contribution in [3.63, 3.8) is 0 Å². The van der Waals surface area contributed by atoms with Crippen molar-refractivity contribution in [3.05, 3.63) is 46.8 Å². The summed E-state index contributed by atoms with van der Waals surface area (Å²) in [7, 11) is 0. The monoisotopic (exact) mass is 219 g/mol. The SMILES string of the molecule is Cc1c[nH]c(=S)n1C(C)c1ccncc1. The van der Waals surface area contributed by atoms with Gasteiger partial charge in [-0.3, -0.25) is 4.98 Å². The number of rotatable bonds is 2. The van der Waals surface area contributed by atoms with Gasteiger partial charge in [-0.2, -0.15) is 0 Å². The van der Waals surface area contributed by atoms with E-state index in [2.05, 4.69) is 21.5 Å². The Labute approximate surface area is 93.8 Å². The lowest BCUT2D eigenvalue weighted by molar-refractivity contribution is 0.614. The molecule has 4 heteroatoms. The number of nitrogens with one attached hydrogen (secondary N) is 1. The fourth-order valence-corrected chi connectivity index (χ4v) is 2.10. The summed E-state index contributed by atoms with van der Waals surface area (Å²) in [5.41, 5.74) is 2.35. The molecule has 2 heterocycles. The van der Waals surface area contributed by atoms with Crippen LogP contribution in [0.4, 0.5) is 0 Å². The van der Waals surface area contributed by atoms with Gasteiger partial charge in [0.2, 0.25) is 0 Å². The summed E-state index contributed by atoms with van der Waals surface area (Å²) in [6.07, 6.45) is 5.54. The number of pyridine rings is 1. The first-order valence-electron chi connectivity index (χ1n) is 4.86. The first-order chi connectivity index (χ1) is 7.20. The second kappa shape index (κ2) is 3.98. The molecule has 2 aromatic heterocycles. The smallest absolute Gasteiger partial charge is 0.177 e. The molecule has 0 spiro atoms. The Hall–Kier alpha value is -1.42. The molecule has 2 aromatic rings. The molecule has 0 aromatic carbocycles. The van der Waals surface area contributed by atoms with Crippen molar-refractivity contribution in [2.24, 2.45) is 0 Å². The molecule has 0 aliphatic carbocycles. The number of hydrogen-bond acceptors (Lipinski definition) is 2. The van der Waals surface area contributed by atoms with Crippen molar-refractivity contribution in [1.29, 1.82) is 0 Å². The van der Waals surface area contributed by atoms with Crippen molar-refractivity contribution in [3.8, 4) is 0 Å². The summed E-state index contributed by atoms with van der Waals surface area (Å²) in [6, 6.07) is 4.27. The van der Waals surface area contributed by atoms with Crippen molar-refractivity contribution in [1.82, 2.24) is 14.5 Å². The van der Waals surface area contributed by atoms with E-state index in [-0.39, 0.29) is 6.04 Å². The van der Waals surface area contributed by atoms with E-state index in [1.165, 1.54) is 5.56 Å². The lowest BCUT2D eigenvalue weighted by Crippen LogP contribution is -2.08. The minimum Gasteiger partial charge on any atom is -0.337 e. The van der Waals surface area contributed by atoms with Crippen LogP contribution in [0.2, 0.25) is 0 Å². The van der Waals surface area contributed by atoms with Crippen LogP contribution < -0.4 is 0 Å². The molecule has 0 aliphatic rings. The van der Waals surface area contributed by atoms with Crippen LogP contribution in [-0.2, 0) is 0 Å². The maximum atomic E-state index is 5.24. The highest BCUT2D eigenvalue weighted by atomic mass is 32.1. The lowest BCUT2D eigenvalue weighted by atomic mass is 10.1. The number of imidazole rings is 1. The summed E-state index contributed by atoms with van der Waals surface area (Å²) in [4.78, 5) is 7.06. The standard InChI is InChI=1S/C11H13N3S/c1-8-7-13-11(15)14(8)9(2)10-3-5-12-6-4-10/h3-7,9H,1-2H3,(H,13,15). The number of aryl methyl sites for hydroxylation is 1. The normalized spacial score (nSPS) is 12.7. The van der Waals surface area contributed by atoms with Gasteiger partial charge >= 0.3 is 0 Å². The van der Waals surface area contributed by atoms with E-state index in [4.69, 9.17) is 12.2 Å². The quantitative estimate of drug-likeness (QED) is 0.788. The van der Waals surface area contributed by atoms with Crippen LogP contribution in [0.3, 0.4) is 0 Å². The van der Waals surface area contributed by atoms with Gasteiger partial charge < -0.3 is 9.55 Å². The number of hydrogen-bond donors (Lipinski definition) is 1. The molecule has 1 atom stereocenters. The van der Waals surface area contributed by atoms with Crippen LogP contribution in [0.1, 0.15) is 24.2 Å². The zero-order valence-corrected chi connectivity index (χ0v) is 9.58. The Morgan fingerprint density at radius 2 is 2.07 bits per heavy atom. The van der Waals surface area contributed by atoms with Gasteiger partial charge in [0.25, 0.3) is 0 Å². The molecule has 1 N–H and O–H groups in total. The second-order valence-electron chi connectivity index (χ2n) is 3.56. The Morgan fingerprint density at radius 1 is 1.40 bits per heavy atom. The van der Waals surface area contributed by atoms with Gasteiger partial charge in [0.05, 0.1) is 6.04 Å². The van der Waals surface area contributed by atoms with Crippen molar-refractivity contribution in [2.45, 2.75) is 19.9 Å². The average Bonchev–Trinajstić information content (AvgIpc) is 2.59. The molecule has 0 amide bonds. The summed E-state index contributed by atoms with van der Waals surface area (Å²) < 4.78 is 2.86. The predicted molar refractivity (Wildman–Crippen MR) is 62.4 cm³/mol. The number of nitrogens with zero attached hydrogens (tertiary/aromatic N) is 2. The van der Waals surface area contributed by atoms with E-state index in [0.717, 1.165) is 10.5 Å². The van der Waals surface area contributed by atoms with Crippen molar-refractivity contribution in [2.75, 3.05) is 0 Å². The largest absolute Gasteiger partial charge is 0.337 e. The topological polar surface area (TPSA) is 33.6 Å². The van der Waals surface area contributed by atoms with Crippen LogP contribution in [0, 0.1) is 11.7 Å². The zero-order valence-electron chi connectivity index (χ0n) is 8.77. The number of aromatic amines is 1. The zero-order chi connectivity index (χ0) is 10.8. The van der Waals surface area contributed by atoms with E-state index >= 15 is 0 Å². The van der Waals surface area contributed by atoms with E-state index in [1.807, 2.05) is 25.3 Å². The van der Waals surface area contributed by atoms with Gasteiger partial charge in [0, 0.05) is 24.3 Å². The van der Waals surface area contributed by atoms with E-state index in [0.29, 0.717) is 0 Å². The van der Waals surface area contributed by atoms with Crippen LogP contribution >= 0.6 is 12.2 Å². The third-order valence-electron chi connectivity index (χ3n) is 2.58. The highest BCUT2D eigenvalue weighted by molar-refractivity contribution is 7.71. The van der Waals surface area contributed by atoms with Crippen molar-refractivity contribution < 1.29 is 0 Å². The molecule has 78 valence electrons. The minimum absolute atomic E-state index is 0.242. The number of aromatic nitrogens is 3. The molecule has 0 bridgehead atoms. The summed E-state index contributed by atoms with van der Waals surface area (Å²) in [6.45, 7) is 4.18. The van der Waals surface area contributed by atoms with E-state index in [1.54, 1.807) is 12.4 Å². The maximum absolute atomic E-state index is 5.24. The number of H-pyrrole nitrogens is 1. The Bertz CT molecular complexity index is 498. The fraction of sp³-hybridized carbons (Fsp3) is 0.273. The molecular formula is C11H13N3S. The molecule has 15 heavy (non-hydrogen) atoms. The summed E-state index contributed by atoms with van der Waals surface area (Å²) in [5, 5.41) is 0. The van der Waals surface area contributed by atoms with Crippen LogP contribution in [0.25, 0.3) is 0 Å². The summed E-state index contributed by atoms with van der Waals surface area (Å²) >= 11 is 5.24. The summed E-state index contributed by atoms with van der Waals surface area (Å²) in [5.74, 6) is 0. The Kier molecular flexibility index (Phi) is 2.68. The third-order valence-corrected chi connectivity index (χ3v) is 2.89. The van der Waals surface area contributed by atoms with Crippen molar-refractivity contribution >= 4 is 12.2 Å². The Balaban J connectivity index is 2.45. The molecule has 0 fully saturated rings. The first-order valence-corrected chi connectivity index (χ1v) is 5.27. The molecule has 1 unspecified atom stereocenters. The lowest BCUT2D eigenvalue weighted by Gasteiger charge is -2.15. The maximum Gasteiger partial charge on any atom is 0.177 e. The Morgan fingerprint density at radius 3 is 2.60 bits per heavy atom. The molecule has 0 saturated heterocycles. The molecule has 2 rings (SSSR count). The average molecular weight is 219 g/mol. The van der Waals surface area contributed by atoms with Crippen LogP contribution in [0.5, 0.6) is 0 Å². The van der Waals surface area contributed by atoms with Gasteiger partial charge in [-0.05, 0) is 43.8 Å². The second-order valence-corrected chi connectivity index (χ2v) is 3.95. The molecule has 0 aliphatic heterocycles. The predicted octanol–water partition coefficient (Wildman–Crippen LogP) is 2.86. The third kappa shape index (κ3) is 1.85. The molecule has 0 radical (unpaired) electrons. The first kappa shape index (κ1) is 10.1. The van der Waals surface area contributed by atoms with Crippen LogP contribution in [0.15, 0.2) is 30.7 Å². The molecular weight excluding hydrogens is 206 g/mol. The highest BCUT2D eigenvalue weighted by Gasteiger charge is 2.10. The minimum atomic E-state index is 0.242. The van der Waals surface area contributed by atoms with Gasteiger partial charge in [-0.1, -0.05) is 0 Å². The molecule has 3 nitrogen and oxygen atoms in total. The molecule has 0 saturated carbocycles.